The van der Waals surface area contributed by atoms with Crippen molar-refractivity contribution in [3.63, 3.8) is 0 Å². The number of likely N-dealkylation sites (tertiary alicyclic amines) is 1. The molecular formula is C15H21ClN4O2S. The highest BCUT2D eigenvalue weighted by Crippen LogP contribution is 2.19. The summed E-state index contributed by atoms with van der Waals surface area (Å²) in [7, 11) is 1.95. The van der Waals surface area contributed by atoms with E-state index in [0.29, 0.717) is 30.6 Å². The third-order valence-electron chi connectivity index (χ3n) is 3.98. The van der Waals surface area contributed by atoms with Crippen molar-refractivity contribution in [2.75, 3.05) is 20.1 Å². The monoisotopic (exact) mass is 356 g/mol. The lowest BCUT2D eigenvalue weighted by atomic mass is 10.1. The Morgan fingerprint density at radius 1 is 1.57 bits per heavy atom. The molecule has 1 saturated heterocycles. The molecule has 1 fully saturated rings. The van der Waals surface area contributed by atoms with E-state index < -0.39 is 0 Å². The molecule has 126 valence electrons. The van der Waals surface area contributed by atoms with Crippen LogP contribution in [0.2, 0.25) is 0 Å². The molecule has 0 spiro atoms. The molecule has 23 heavy (non-hydrogen) atoms. The first-order valence-corrected chi connectivity index (χ1v) is 8.50. The number of thiophene rings is 1. The Labute approximate surface area is 145 Å². The molecule has 0 saturated carbocycles. The Morgan fingerprint density at radius 3 is 3.17 bits per heavy atom. The van der Waals surface area contributed by atoms with Crippen LogP contribution in [0.3, 0.4) is 0 Å². The van der Waals surface area contributed by atoms with Crippen molar-refractivity contribution in [3.05, 3.63) is 22.7 Å². The number of nitrogens with one attached hydrogen (secondary N) is 1. The minimum Gasteiger partial charge on any atom is -0.341 e. The van der Waals surface area contributed by atoms with Gasteiger partial charge >= 0.3 is 0 Å². The van der Waals surface area contributed by atoms with Gasteiger partial charge in [-0.3, -0.25) is 4.79 Å². The zero-order valence-electron chi connectivity index (χ0n) is 13.0. The largest absolute Gasteiger partial charge is 0.341 e. The lowest BCUT2D eigenvalue weighted by Gasteiger charge is -2.32. The average molecular weight is 357 g/mol. The normalized spacial score (nSPS) is 17.8. The van der Waals surface area contributed by atoms with Gasteiger partial charge in [0.25, 0.3) is 0 Å². The predicted molar refractivity (Wildman–Crippen MR) is 91.8 cm³/mol. The van der Waals surface area contributed by atoms with Gasteiger partial charge < -0.3 is 14.7 Å². The van der Waals surface area contributed by atoms with Crippen LogP contribution < -0.4 is 5.32 Å². The summed E-state index contributed by atoms with van der Waals surface area (Å²) < 4.78 is 5.23. The Hall–Kier alpha value is -1.44. The maximum absolute atomic E-state index is 12.3. The number of rotatable bonds is 5. The van der Waals surface area contributed by atoms with Gasteiger partial charge in [0.1, 0.15) is 0 Å². The number of hydrogen-bond acceptors (Lipinski definition) is 6. The van der Waals surface area contributed by atoms with Crippen LogP contribution in [0.15, 0.2) is 21.3 Å². The summed E-state index contributed by atoms with van der Waals surface area (Å²) in [6.07, 6.45) is 3.10. The lowest BCUT2D eigenvalue weighted by molar-refractivity contribution is -0.132. The molecule has 1 N–H and O–H groups in total. The molecule has 3 rings (SSSR count). The summed E-state index contributed by atoms with van der Waals surface area (Å²) in [5.41, 5.74) is 0.958. The number of aryl methyl sites for hydroxylation is 1. The third kappa shape index (κ3) is 4.53. The van der Waals surface area contributed by atoms with Crippen LogP contribution in [0.4, 0.5) is 0 Å². The highest BCUT2D eigenvalue weighted by atomic mass is 35.5. The quantitative estimate of drug-likeness (QED) is 0.890. The molecule has 1 amide bonds. The van der Waals surface area contributed by atoms with Crippen LogP contribution in [-0.2, 0) is 11.2 Å². The molecule has 2 aromatic rings. The second-order valence-corrected chi connectivity index (χ2v) is 6.27. The number of aromatic nitrogens is 2. The molecule has 1 unspecified atom stereocenters. The van der Waals surface area contributed by atoms with E-state index in [1.165, 1.54) is 0 Å². The number of piperidine rings is 1. The second-order valence-electron chi connectivity index (χ2n) is 5.49. The van der Waals surface area contributed by atoms with Crippen molar-refractivity contribution in [2.45, 2.75) is 31.7 Å². The second kappa shape index (κ2) is 8.42. The Balaban J connectivity index is 0.00000192. The molecule has 0 radical (unpaired) electrons. The average Bonchev–Trinajstić information content (AvgIpc) is 3.23. The van der Waals surface area contributed by atoms with E-state index in [1.54, 1.807) is 11.3 Å². The zero-order valence-corrected chi connectivity index (χ0v) is 14.7. The molecular weight excluding hydrogens is 336 g/mol. The highest BCUT2D eigenvalue weighted by molar-refractivity contribution is 7.08. The molecule has 1 aliphatic rings. The number of hydrogen-bond donors (Lipinski definition) is 1. The number of amides is 1. The molecule has 3 heterocycles. The molecule has 8 heteroatoms. The van der Waals surface area contributed by atoms with E-state index in [9.17, 15) is 4.79 Å². The van der Waals surface area contributed by atoms with Gasteiger partial charge in [0.05, 0.1) is 0 Å². The van der Waals surface area contributed by atoms with Crippen molar-refractivity contribution in [1.82, 2.24) is 20.4 Å². The lowest BCUT2D eigenvalue weighted by Crippen LogP contribution is -2.47. The van der Waals surface area contributed by atoms with E-state index in [0.717, 1.165) is 31.5 Å². The maximum Gasteiger partial charge on any atom is 0.227 e. The van der Waals surface area contributed by atoms with E-state index in [-0.39, 0.29) is 18.3 Å². The van der Waals surface area contributed by atoms with Crippen molar-refractivity contribution in [1.29, 1.82) is 0 Å². The van der Waals surface area contributed by atoms with Crippen LogP contribution in [0.5, 0.6) is 0 Å². The SMILES string of the molecule is CNC1CCCN(C(=O)CCc2nc(-c3ccsc3)no2)C1.Cl. The zero-order chi connectivity index (χ0) is 15.4. The summed E-state index contributed by atoms with van der Waals surface area (Å²) in [5.74, 6) is 1.28. The number of carbonyl (C=O) groups excluding carboxylic acids is 1. The number of nitrogens with zero attached hydrogens (tertiary/aromatic N) is 3. The van der Waals surface area contributed by atoms with Crippen LogP contribution >= 0.6 is 23.7 Å². The highest BCUT2D eigenvalue weighted by Gasteiger charge is 2.22. The summed E-state index contributed by atoms with van der Waals surface area (Å²) in [4.78, 5) is 18.6. The Kier molecular flexibility index (Phi) is 6.56. The fourth-order valence-corrected chi connectivity index (χ4v) is 3.31. The van der Waals surface area contributed by atoms with Crippen LogP contribution in [0.1, 0.15) is 25.2 Å². The Bertz CT molecular complexity index is 617. The standard InChI is InChI=1S/C15H20N4O2S.ClH/c1-16-12-3-2-7-19(9-12)14(20)5-4-13-17-15(18-21-13)11-6-8-22-10-11;/h6,8,10,12,16H,2-5,7,9H2,1H3;1H. The van der Waals surface area contributed by atoms with Gasteiger partial charge in [0, 0.05) is 42.9 Å². The molecule has 0 aliphatic carbocycles. The fourth-order valence-electron chi connectivity index (χ4n) is 2.68. The van der Waals surface area contributed by atoms with Gasteiger partial charge in [0.15, 0.2) is 0 Å². The van der Waals surface area contributed by atoms with Crippen molar-refractivity contribution in [2.24, 2.45) is 0 Å². The molecule has 6 nitrogen and oxygen atoms in total. The third-order valence-corrected chi connectivity index (χ3v) is 4.67. The summed E-state index contributed by atoms with van der Waals surface area (Å²) in [6.45, 7) is 1.64. The molecule has 1 aliphatic heterocycles. The van der Waals surface area contributed by atoms with Gasteiger partial charge in [-0.1, -0.05) is 5.16 Å². The predicted octanol–water partition coefficient (Wildman–Crippen LogP) is 2.36. The van der Waals surface area contributed by atoms with Crippen LogP contribution in [-0.4, -0.2) is 47.1 Å². The van der Waals surface area contributed by atoms with Gasteiger partial charge in [-0.25, -0.2) is 0 Å². The molecule has 0 aromatic carbocycles. The smallest absolute Gasteiger partial charge is 0.227 e. The number of likely N-dealkylation sites (N-methyl/N-ethyl adjacent to an activating group) is 1. The fraction of sp³-hybridized carbons (Fsp3) is 0.533. The summed E-state index contributed by atoms with van der Waals surface area (Å²) in [6, 6.07) is 2.36. The van der Waals surface area contributed by atoms with Crippen LogP contribution in [0, 0.1) is 0 Å². The van der Waals surface area contributed by atoms with Gasteiger partial charge in [0.2, 0.25) is 17.6 Å². The van der Waals surface area contributed by atoms with Crippen molar-refractivity contribution >= 4 is 29.7 Å². The van der Waals surface area contributed by atoms with E-state index >= 15 is 0 Å². The van der Waals surface area contributed by atoms with Crippen molar-refractivity contribution < 1.29 is 9.32 Å². The first kappa shape index (κ1) is 17.9. The Morgan fingerprint density at radius 2 is 2.43 bits per heavy atom. The van der Waals surface area contributed by atoms with Gasteiger partial charge in [-0.15, -0.1) is 12.4 Å². The van der Waals surface area contributed by atoms with E-state index in [4.69, 9.17) is 4.52 Å². The minimum absolute atomic E-state index is 0. The number of halogens is 1. The minimum atomic E-state index is 0. The molecule has 0 bridgehead atoms. The van der Waals surface area contributed by atoms with E-state index in [1.807, 2.05) is 28.8 Å². The molecule has 2 aromatic heterocycles. The van der Waals surface area contributed by atoms with Gasteiger partial charge in [-0.05, 0) is 31.3 Å². The number of carbonyl (C=O) groups is 1. The first-order chi connectivity index (χ1) is 10.8. The van der Waals surface area contributed by atoms with Gasteiger partial charge in [-0.2, -0.15) is 16.3 Å². The maximum atomic E-state index is 12.3. The first-order valence-electron chi connectivity index (χ1n) is 7.56. The topological polar surface area (TPSA) is 71.3 Å². The summed E-state index contributed by atoms with van der Waals surface area (Å²) in [5, 5.41) is 11.2. The summed E-state index contributed by atoms with van der Waals surface area (Å²) >= 11 is 1.59. The molecule has 1 atom stereocenters. The van der Waals surface area contributed by atoms with Crippen molar-refractivity contribution in [3.8, 4) is 11.4 Å². The van der Waals surface area contributed by atoms with Crippen LogP contribution in [0.25, 0.3) is 11.4 Å². The van der Waals surface area contributed by atoms with E-state index in [2.05, 4.69) is 15.5 Å².